The topological polar surface area (TPSA) is 48.2 Å². The Bertz CT molecular complexity index is 531. The number of benzene rings is 1. The molecule has 0 aliphatic carbocycles. The molecule has 108 valence electrons. The van der Waals surface area contributed by atoms with Crippen LogP contribution in [0.2, 0.25) is 0 Å². The summed E-state index contributed by atoms with van der Waals surface area (Å²) in [7, 11) is 0. The van der Waals surface area contributed by atoms with Crippen molar-refractivity contribution >= 4 is 11.8 Å². The largest absolute Gasteiger partial charge is 0.435 e. The maximum atomic E-state index is 12.0. The van der Waals surface area contributed by atoms with Gasteiger partial charge < -0.3 is 9.15 Å². The molecule has 0 aliphatic heterocycles. The van der Waals surface area contributed by atoms with Crippen LogP contribution in [0.1, 0.15) is 19.8 Å². The van der Waals surface area contributed by atoms with E-state index in [1.165, 1.54) is 23.9 Å². The molecule has 2 rings (SSSR count). The predicted molar refractivity (Wildman–Crippen MR) is 72.0 cm³/mol. The van der Waals surface area contributed by atoms with Crippen LogP contribution in [0.25, 0.3) is 11.5 Å². The molecule has 1 aromatic heterocycles. The van der Waals surface area contributed by atoms with Gasteiger partial charge in [-0.25, -0.2) is 0 Å². The van der Waals surface area contributed by atoms with Crippen LogP contribution >= 0.6 is 11.8 Å². The highest BCUT2D eigenvalue weighted by molar-refractivity contribution is 7.99. The maximum absolute atomic E-state index is 12.0. The van der Waals surface area contributed by atoms with Crippen molar-refractivity contribution in [3.63, 3.8) is 0 Å². The number of hydrogen-bond donors (Lipinski definition) is 0. The summed E-state index contributed by atoms with van der Waals surface area (Å²) in [6, 6.07) is 6.09. The number of aromatic nitrogens is 2. The molecule has 0 aliphatic rings. The highest BCUT2D eigenvalue weighted by Gasteiger charge is 2.10. The predicted octanol–water partition coefficient (Wildman–Crippen LogP) is 4.23. The van der Waals surface area contributed by atoms with Crippen LogP contribution in [0.4, 0.5) is 8.78 Å². The molecule has 0 fully saturated rings. The fourth-order valence-corrected chi connectivity index (χ4v) is 2.31. The first kappa shape index (κ1) is 14.8. The SMILES string of the molecule is CCCCSc1nnc(-c2ccc(OC(F)F)cc2)o1. The van der Waals surface area contributed by atoms with Crippen molar-refractivity contribution in [1.82, 2.24) is 10.2 Å². The molecule has 0 amide bonds. The fourth-order valence-electron chi connectivity index (χ4n) is 1.47. The highest BCUT2D eigenvalue weighted by Crippen LogP contribution is 2.25. The number of alkyl halides is 2. The minimum atomic E-state index is -2.83. The molecule has 4 nitrogen and oxygen atoms in total. The lowest BCUT2D eigenvalue weighted by atomic mass is 10.2. The van der Waals surface area contributed by atoms with E-state index in [2.05, 4.69) is 21.9 Å². The molecule has 7 heteroatoms. The molecule has 0 N–H and O–H groups in total. The lowest BCUT2D eigenvalue weighted by molar-refractivity contribution is -0.0498. The second-order valence-electron chi connectivity index (χ2n) is 3.98. The average molecular weight is 300 g/mol. The van der Waals surface area contributed by atoms with Crippen molar-refractivity contribution in [2.75, 3.05) is 5.75 Å². The van der Waals surface area contributed by atoms with E-state index < -0.39 is 6.61 Å². The molecule has 2 aromatic rings. The van der Waals surface area contributed by atoms with Gasteiger partial charge in [0.2, 0.25) is 5.89 Å². The van der Waals surface area contributed by atoms with Gasteiger partial charge in [0.25, 0.3) is 5.22 Å². The van der Waals surface area contributed by atoms with E-state index in [1.54, 1.807) is 12.1 Å². The van der Waals surface area contributed by atoms with Crippen molar-refractivity contribution in [1.29, 1.82) is 0 Å². The molecule has 1 aromatic carbocycles. The molecular weight excluding hydrogens is 286 g/mol. The van der Waals surface area contributed by atoms with Crippen molar-refractivity contribution in [3.05, 3.63) is 24.3 Å². The summed E-state index contributed by atoms with van der Waals surface area (Å²) in [5.41, 5.74) is 0.668. The Kier molecular flexibility index (Phi) is 5.34. The smallest absolute Gasteiger partial charge is 0.387 e. The summed E-state index contributed by atoms with van der Waals surface area (Å²) >= 11 is 1.51. The first-order chi connectivity index (χ1) is 9.69. The number of rotatable bonds is 7. The number of hydrogen-bond acceptors (Lipinski definition) is 5. The summed E-state index contributed by atoms with van der Waals surface area (Å²) in [4.78, 5) is 0. The minimum Gasteiger partial charge on any atom is -0.435 e. The average Bonchev–Trinajstić information content (AvgIpc) is 2.88. The van der Waals surface area contributed by atoms with Crippen LogP contribution < -0.4 is 4.74 Å². The molecule has 0 bridgehead atoms. The number of unbranched alkanes of at least 4 members (excludes halogenated alkanes) is 1. The van der Waals surface area contributed by atoms with Crippen molar-refractivity contribution in [2.45, 2.75) is 31.6 Å². The molecule has 0 saturated heterocycles. The molecule has 0 radical (unpaired) electrons. The molecule has 0 saturated carbocycles. The van der Waals surface area contributed by atoms with Crippen LogP contribution in [0.3, 0.4) is 0 Å². The summed E-state index contributed by atoms with van der Waals surface area (Å²) in [6.45, 7) is -0.714. The zero-order valence-electron chi connectivity index (χ0n) is 10.9. The van der Waals surface area contributed by atoms with Crippen molar-refractivity contribution in [3.8, 4) is 17.2 Å². The van der Waals surface area contributed by atoms with Gasteiger partial charge in [0.15, 0.2) is 0 Å². The summed E-state index contributed by atoms with van der Waals surface area (Å²) in [5.74, 6) is 1.40. The Balaban J connectivity index is 2.00. The molecule has 1 heterocycles. The number of ether oxygens (including phenoxy) is 1. The van der Waals surface area contributed by atoms with E-state index in [1.807, 2.05) is 0 Å². The Morgan fingerprint density at radius 2 is 2.00 bits per heavy atom. The van der Waals surface area contributed by atoms with E-state index in [4.69, 9.17) is 4.42 Å². The molecule has 0 spiro atoms. The fraction of sp³-hybridized carbons (Fsp3) is 0.385. The molecule has 20 heavy (non-hydrogen) atoms. The second-order valence-corrected chi connectivity index (χ2v) is 5.02. The van der Waals surface area contributed by atoms with Gasteiger partial charge in [-0.2, -0.15) is 8.78 Å². The third-order valence-electron chi connectivity index (χ3n) is 2.46. The van der Waals surface area contributed by atoms with Gasteiger partial charge in [-0.1, -0.05) is 25.1 Å². The number of thioether (sulfide) groups is 1. The lowest BCUT2D eigenvalue weighted by Crippen LogP contribution is -2.01. The maximum Gasteiger partial charge on any atom is 0.387 e. The monoisotopic (exact) mass is 300 g/mol. The van der Waals surface area contributed by atoms with Gasteiger partial charge in [-0.15, -0.1) is 10.2 Å². The van der Waals surface area contributed by atoms with E-state index in [9.17, 15) is 8.78 Å². The van der Waals surface area contributed by atoms with Gasteiger partial charge in [0, 0.05) is 11.3 Å². The minimum absolute atomic E-state index is 0.0980. The Labute approximate surface area is 119 Å². The second kappa shape index (κ2) is 7.23. The van der Waals surface area contributed by atoms with Crippen molar-refractivity contribution in [2.24, 2.45) is 0 Å². The molecular formula is C13H14F2N2O2S. The van der Waals surface area contributed by atoms with Crippen LogP contribution in [0.5, 0.6) is 5.75 Å². The Morgan fingerprint density at radius 1 is 1.25 bits per heavy atom. The molecule has 0 atom stereocenters. The third-order valence-corrected chi connectivity index (χ3v) is 3.36. The zero-order valence-corrected chi connectivity index (χ0v) is 11.7. The van der Waals surface area contributed by atoms with Gasteiger partial charge in [-0.05, 0) is 30.7 Å². The lowest BCUT2D eigenvalue weighted by Gasteiger charge is -2.03. The van der Waals surface area contributed by atoms with E-state index >= 15 is 0 Å². The first-order valence-corrected chi connectivity index (χ1v) is 7.19. The summed E-state index contributed by atoms with van der Waals surface area (Å²) < 4.78 is 33.8. The molecule has 0 unspecified atom stereocenters. The van der Waals surface area contributed by atoms with Gasteiger partial charge >= 0.3 is 6.61 Å². The summed E-state index contributed by atoms with van der Waals surface area (Å²) in [5, 5.41) is 8.37. The first-order valence-electron chi connectivity index (χ1n) is 6.20. The van der Waals surface area contributed by atoms with Crippen LogP contribution in [0.15, 0.2) is 33.9 Å². The third kappa shape index (κ3) is 4.19. The van der Waals surface area contributed by atoms with Crippen LogP contribution in [-0.4, -0.2) is 22.6 Å². The van der Waals surface area contributed by atoms with Crippen LogP contribution in [0, 0.1) is 0 Å². The van der Waals surface area contributed by atoms with Crippen LogP contribution in [-0.2, 0) is 0 Å². The summed E-state index contributed by atoms with van der Waals surface area (Å²) in [6.07, 6.45) is 2.20. The Hall–Kier alpha value is -1.63. The van der Waals surface area contributed by atoms with E-state index in [-0.39, 0.29) is 5.75 Å². The van der Waals surface area contributed by atoms with Crippen molar-refractivity contribution < 1.29 is 17.9 Å². The normalized spacial score (nSPS) is 11.0. The van der Waals surface area contributed by atoms with E-state index in [0.717, 1.165) is 18.6 Å². The highest BCUT2D eigenvalue weighted by atomic mass is 32.2. The Morgan fingerprint density at radius 3 is 2.65 bits per heavy atom. The van der Waals surface area contributed by atoms with Gasteiger partial charge in [0.1, 0.15) is 5.75 Å². The standard InChI is InChI=1S/C13H14F2N2O2S/c1-2-3-8-20-13-17-16-11(19-13)9-4-6-10(7-5-9)18-12(14)15/h4-7,12H,2-3,8H2,1H3. The number of halogens is 2. The van der Waals surface area contributed by atoms with Gasteiger partial charge in [-0.3, -0.25) is 0 Å². The van der Waals surface area contributed by atoms with Gasteiger partial charge in [0.05, 0.1) is 0 Å². The van der Waals surface area contributed by atoms with E-state index in [0.29, 0.717) is 16.7 Å². The number of nitrogens with zero attached hydrogens (tertiary/aromatic N) is 2. The zero-order chi connectivity index (χ0) is 14.4. The quantitative estimate of drug-likeness (QED) is 0.565.